The van der Waals surface area contributed by atoms with Gasteiger partial charge in [0, 0.05) is 17.0 Å². The Labute approximate surface area is 105 Å². The van der Waals surface area contributed by atoms with Gasteiger partial charge in [-0.25, -0.2) is 4.79 Å². The van der Waals surface area contributed by atoms with Gasteiger partial charge in [-0.15, -0.1) is 0 Å². The molecule has 1 heterocycles. The summed E-state index contributed by atoms with van der Waals surface area (Å²) in [6.07, 6.45) is 1.40. The molecule has 4 heteroatoms. The largest absolute Gasteiger partial charge is 0.478 e. The molecule has 2 aromatic rings. The fourth-order valence-corrected chi connectivity index (χ4v) is 1.88. The molecule has 2 rings (SSSR count). The standard InChI is InChI=1S/C14H15NO3/c1-14(2,3)13(18)15-8-10(12(16)17)9-6-4-5-7-11(9)15/h4-8H,1-3H3,(H,16,17). The zero-order valence-corrected chi connectivity index (χ0v) is 10.6. The first-order valence-electron chi connectivity index (χ1n) is 5.70. The molecule has 0 unspecified atom stereocenters. The smallest absolute Gasteiger partial charge is 0.337 e. The molecule has 0 aliphatic carbocycles. The highest BCUT2D eigenvalue weighted by Gasteiger charge is 2.26. The van der Waals surface area contributed by atoms with E-state index in [1.807, 2.05) is 20.8 Å². The summed E-state index contributed by atoms with van der Waals surface area (Å²) in [4.78, 5) is 23.5. The summed E-state index contributed by atoms with van der Waals surface area (Å²) in [6.45, 7) is 5.43. The monoisotopic (exact) mass is 245 g/mol. The quantitative estimate of drug-likeness (QED) is 0.840. The molecule has 0 saturated heterocycles. The van der Waals surface area contributed by atoms with Gasteiger partial charge in [-0.1, -0.05) is 39.0 Å². The van der Waals surface area contributed by atoms with Crippen molar-refractivity contribution in [2.24, 2.45) is 5.41 Å². The highest BCUT2D eigenvalue weighted by atomic mass is 16.4. The second-order valence-corrected chi connectivity index (χ2v) is 5.29. The molecule has 1 aromatic heterocycles. The molecular formula is C14H15NO3. The number of hydrogen-bond donors (Lipinski definition) is 1. The van der Waals surface area contributed by atoms with Gasteiger partial charge in [0.1, 0.15) is 0 Å². The molecule has 0 radical (unpaired) electrons. The third-order valence-electron chi connectivity index (χ3n) is 2.80. The van der Waals surface area contributed by atoms with Gasteiger partial charge in [0.2, 0.25) is 5.91 Å². The van der Waals surface area contributed by atoms with E-state index >= 15 is 0 Å². The van der Waals surface area contributed by atoms with E-state index in [0.29, 0.717) is 10.9 Å². The van der Waals surface area contributed by atoms with E-state index in [1.165, 1.54) is 10.8 Å². The summed E-state index contributed by atoms with van der Waals surface area (Å²) in [5.74, 6) is -1.14. The van der Waals surface area contributed by atoms with Gasteiger partial charge in [-0.05, 0) is 6.07 Å². The summed E-state index contributed by atoms with van der Waals surface area (Å²) in [7, 11) is 0. The number of carboxylic acid groups (broad SMARTS) is 1. The van der Waals surface area contributed by atoms with Crippen molar-refractivity contribution in [2.45, 2.75) is 20.8 Å². The Bertz CT molecular complexity index is 632. The molecule has 0 fully saturated rings. The second-order valence-electron chi connectivity index (χ2n) is 5.29. The first-order chi connectivity index (χ1) is 8.32. The lowest BCUT2D eigenvalue weighted by atomic mass is 9.95. The van der Waals surface area contributed by atoms with Crippen molar-refractivity contribution < 1.29 is 14.7 Å². The third-order valence-corrected chi connectivity index (χ3v) is 2.80. The second kappa shape index (κ2) is 3.98. The van der Waals surface area contributed by atoms with E-state index in [2.05, 4.69) is 0 Å². The van der Waals surface area contributed by atoms with Crippen LogP contribution in [0.4, 0.5) is 0 Å². The van der Waals surface area contributed by atoms with Crippen LogP contribution in [0.3, 0.4) is 0 Å². The van der Waals surface area contributed by atoms with Crippen LogP contribution >= 0.6 is 0 Å². The average molecular weight is 245 g/mol. The molecule has 18 heavy (non-hydrogen) atoms. The fourth-order valence-electron chi connectivity index (χ4n) is 1.88. The van der Waals surface area contributed by atoms with Gasteiger partial charge in [-0.3, -0.25) is 9.36 Å². The maximum Gasteiger partial charge on any atom is 0.337 e. The lowest BCUT2D eigenvalue weighted by Crippen LogP contribution is -2.26. The van der Waals surface area contributed by atoms with Crippen LogP contribution in [0.1, 0.15) is 35.9 Å². The first-order valence-corrected chi connectivity index (χ1v) is 5.70. The van der Waals surface area contributed by atoms with Crippen LogP contribution in [0, 0.1) is 5.41 Å². The maximum absolute atomic E-state index is 12.3. The van der Waals surface area contributed by atoms with Gasteiger partial charge >= 0.3 is 5.97 Å². The minimum atomic E-state index is -1.02. The van der Waals surface area contributed by atoms with Crippen molar-refractivity contribution in [1.29, 1.82) is 0 Å². The lowest BCUT2D eigenvalue weighted by molar-refractivity contribution is 0.0698. The van der Waals surface area contributed by atoms with Crippen LogP contribution in [-0.2, 0) is 0 Å². The number of carbonyl (C=O) groups excluding carboxylic acids is 1. The van der Waals surface area contributed by atoms with Crippen LogP contribution in [-0.4, -0.2) is 21.6 Å². The van der Waals surface area contributed by atoms with Gasteiger partial charge in [0.15, 0.2) is 0 Å². The molecule has 4 nitrogen and oxygen atoms in total. The molecule has 0 saturated carbocycles. The van der Waals surface area contributed by atoms with Gasteiger partial charge in [0.05, 0.1) is 11.1 Å². The number of aromatic nitrogens is 1. The Morgan fingerprint density at radius 3 is 2.33 bits per heavy atom. The number of rotatable bonds is 1. The first kappa shape index (κ1) is 12.4. The molecule has 1 N–H and O–H groups in total. The number of hydrogen-bond acceptors (Lipinski definition) is 2. The highest BCUT2D eigenvalue weighted by Crippen LogP contribution is 2.25. The topological polar surface area (TPSA) is 59.3 Å². The Balaban J connectivity index is 2.73. The molecule has 0 atom stereocenters. The van der Waals surface area contributed by atoms with Crippen molar-refractivity contribution in [3.05, 3.63) is 36.0 Å². The Morgan fingerprint density at radius 1 is 1.17 bits per heavy atom. The highest BCUT2D eigenvalue weighted by molar-refractivity contribution is 6.07. The van der Waals surface area contributed by atoms with E-state index in [1.54, 1.807) is 24.3 Å². The minimum Gasteiger partial charge on any atom is -0.478 e. The van der Waals surface area contributed by atoms with Crippen LogP contribution in [0.25, 0.3) is 10.9 Å². The van der Waals surface area contributed by atoms with Crippen molar-refractivity contribution in [3.8, 4) is 0 Å². The third kappa shape index (κ3) is 1.90. The summed E-state index contributed by atoms with van der Waals surface area (Å²) >= 11 is 0. The number of benzene rings is 1. The maximum atomic E-state index is 12.3. The molecule has 0 aliphatic heterocycles. The molecule has 0 aliphatic rings. The predicted molar refractivity (Wildman–Crippen MR) is 69.0 cm³/mol. The summed E-state index contributed by atoms with van der Waals surface area (Å²) in [6, 6.07) is 7.03. The summed E-state index contributed by atoms with van der Waals surface area (Å²) < 4.78 is 1.43. The van der Waals surface area contributed by atoms with Crippen molar-refractivity contribution in [1.82, 2.24) is 4.57 Å². The summed E-state index contributed by atoms with van der Waals surface area (Å²) in [5, 5.41) is 9.74. The molecule has 0 amide bonds. The molecular weight excluding hydrogens is 230 g/mol. The zero-order valence-electron chi connectivity index (χ0n) is 10.6. The number of fused-ring (bicyclic) bond motifs is 1. The fraction of sp³-hybridized carbons (Fsp3) is 0.286. The van der Waals surface area contributed by atoms with Gasteiger partial charge in [-0.2, -0.15) is 0 Å². The van der Waals surface area contributed by atoms with Crippen LogP contribution in [0.2, 0.25) is 0 Å². The lowest BCUT2D eigenvalue weighted by Gasteiger charge is -2.17. The van der Waals surface area contributed by atoms with Crippen molar-refractivity contribution >= 4 is 22.8 Å². The zero-order chi connectivity index (χ0) is 13.5. The Kier molecular flexibility index (Phi) is 2.73. The Morgan fingerprint density at radius 2 is 1.78 bits per heavy atom. The number of aromatic carboxylic acids is 1. The number of para-hydroxylation sites is 1. The molecule has 1 aromatic carbocycles. The van der Waals surface area contributed by atoms with Gasteiger partial charge in [0.25, 0.3) is 0 Å². The summed E-state index contributed by atoms with van der Waals surface area (Å²) in [5.41, 5.74) is 0.232. The van der Waals surface area contributed by atoms with Crippen LogP contribution in [0.15, 0.2) is 30.5 Å². The number of nitrogens with zero attached hydrogens (tertiary/aromatic N) is 1. The van der Waals surface area contributed by atoms with Crippen LogP contribution < -0.4 is 0 Å². The molecule has 0 spiro atoms. The van der Waals surface area contributed by atoms with E-state index in [9.17, 15) is 9.59 Å². The SMILES string of the molecule is CC(C)(C)C(=O)n1cc(C(=O)O)c2ccccc21. The minimum absolute atomic E-state index is 0.119. The van der Waals surface area contributed by atoms with Gasteiger partial charge < -0.3 is 5.11 Å². The molecule has 0 bridgehead atoms. The number of carbonyl (C=O) groups is 2. The Hall–Kier alpha value is -2.10. The molecule has 94 valence electrons. The van der Waals surface area contributed by atoms with E-state index < -0.39 is 11.4 Å². The van der Waals surface area contributed by atoms with Crippen molar-refractivity contribution in [2.75, 3.05) is 0 Å². The van der Waals surface area contributed by atoms with E-state index in [4.69, 9.17) is 5.11 Å². The normalized spacial score (nSPS) is 11.7. The van der Waals surface area contributed by atoms with Crippen LogP contribution in [0.5, 0.6) is 0 Å². The predicted octanol–water partition coefficient (Wildman–Crippen LogP) is 3.03. The van der Waals surface area contributed by atoms with E-state index in [0.717, 1.165) is 0 Å². The van der Waals surface area contributed by atoms with Crippen molar-refractivity contribution in [3.63, 3.8) is 0 Å². The number of carboxylic acids is 1. The average Bonchev–Trinajstić information content (AvgIpc) is 2.66. The van der Waals surface area contributed by atoms with E-state index in [-0.39, 0.29) is 11.5 Å².